The minimum atomic E-state index is -0.0520. The smallest absolute Gasteiger partial charge is 0.234 e. The standard InChI is InChI=1S/C17H14ClN3OS/c18-13-8-6-12(7-9-13)15-10-17(21-20-15)23-11-16(22)19-14-4-2-1-3-5-14/h1-9H,10-11H2,(H,19,22). The van der Waals surface area contributed by atoms with Gasteiger partial charge in [-0.25, -0.2) is 0 Å². The molecule has 3 rings (SSSR count). The fraction of sp³-hybridized carbons (Fsp3) is 0.118. The van der Waals surface area contributed by atoms with Crippen LogP contribution in [0.15, 0.2) is 64.8 Å². The Kier molecular flexibility index (Phi) is 5.10. The minimum Gasteiger partial charge on any atom is -0.325 e. The lowest BCUT2D eigenvalue weighted by Crippen LogP contribution is -2.15. The molecule has 0 spiro atoms. The lowest BCUT2D eigenvalue weighted by Gasteiger charge is -2.04. The quantitative estimate of drug-likeness (QED) is 0.903. The zero-order chi connectivity index (χ0) is 16.1. The largest absolute Gasteiger partial charge is 0.325 e. The molecule has 1 aliphatic rings. The molecule has 0 bridgehead atoms. The second kappa shape index (κ2) is 7.44. The number of rotatable bonds is 4. The number of hydrogen-bond acceptors (Lipinski definition) is 4. The van der Waals surface area contributed by atoms with Crippen LogP contribution in [0.1, 0.15) is 12.0 Å². The average molecular weight is 344 g/mol. The fourth-order valence-electron chi connectivity index (χ4n) is 2.08. The highest BCUT2D eigenvalue weighted by Crippen LogP contribution is 2.20. The number of thioether (sulfide) groups is 1. The summed E-state index contributed by atoms with van der Waals surface area (Å²) in [4.78, 5) is 11.9. The van der Waals surface area contributed by atoms with Gasteiger partial charge >= 0.3 is 0 Å². The van der Waals surface area contributed by atoms with Crippen LogP contribution in [-0.2, 0) is 4.79 Å². The van der Waals surface area contributed by atoms with Crippen molar-refractivity contribution in [2.24, 2.45) is 10.2 Å². The Morgan fingerprint density at radius 3 is 2.57 bits per heavy atom. The number of anilines is 1. The Labute approximate surface area is 143 Å². The molecule has 4 nitrogen and oxygen atoms in total. The summed E-state index contributed by atoms with van der Waals surface area (Å²) in [7, 11) is 0. The number of nitrogens with one attached hydrogen (secondary N) is 1. The molecule has 6 heteroatoms. The first-order valence-electron chi connectivity index (χ1n) is 7.08. The van der Waals surface area contributed by atoms with Crippen LogP contribution in [0, 0.1) is 0 Å². The van der Waals surface area contributed by atoms with Gasteiger partial charge in [0.05, 0.1) is 11.5 Å². The van der Waals surface area contributed by atoms with E-state index < -0.39 is 0 Å². The van der Waals surface area contributed by atoms with E-state index >= 15 is 0 Å². The van der Waals surface area contributed by atoms with E-state index in [1.165, 1.54) is 11.8 Å². The molecule has 1 N–H and O–H groups in total. The van der Waals surface area contributed by atoms with E-state index in [2.05, 4.69) is 15.5 Å². The van der Waals surface area contributed by atoms with E-state index in [0.717, 1.165) is 22.0 Å². The van der Waals surface area contributed by atoms with Crippen LogP contribution in [0.3, 0.4) is 0 Å². The van der Waals surface area contributed by atoms with Crippen LogP contribution in [0.25, 0.3) is 0 Å². The monoisotopic (exact) mass is 343 g/mol. The Balaban J connectivity index is 1.47. The van der Waals surface area contributed by atoms with Gasteiger partial charge in [-0.15, -0.1) is 5.10 Å². The van der Waals surface area contributed by atoms with E-state index in [1.54, 1.807) is 0 Å². The third-order valence-electron chi connectivity index (χ3n) is 3.21. The first kappa shape index (κ1) is 15.8. The predicted molar refractivity (Wildman–Crippen MR) is 97.6 cm³/mol. The molecule has 1 heterocycles. The van der Waals surface area contributed by atoms with E-state index in [9.17, 15) is 4.79 Å². The zero-order valence-electron chi connectivity index (χ0n) is 12.2. The highest BCUT2D eigenvalue weighted by atomic mass is 35.5. The molecule has 0 saturated heterocycles. The highest BCUT2D eigenvalue weighted by Gasteiger charge is 2.16. The second-order valence-corrected chi connectivity index (χ2v) is 6.41. The van der Waals surface area contributed by atoms with E-state index in [4.69, 9.17) is 11.6 Å². The topological polar surface area (TPSA) is 53.8 Å². The van der Waals surface area contributed by atoms with Gasteiger partial charge in [0.25, 0.3) is 0 Å². The van der Waals surface area contributed by atoms with Crippen LogP contribution < -0.4 is 5.32 Å². The van der Waals surface area contributed by atoms with Crippen molar-refractivity contribution in [2.75, 3.05) is 11.1 Å². The third kappa shape index (κ3) is 4.43. The predicted octanol–water partition coefficient (Wildman–Crippen LogP) is 4.22. The van der Waals surface area contributed by atoms with Gasteiger partial charge in [0, 0.05) is 17.1 Å². The Morgan fingerprint density at radius 2 is 1.83 bits per heavy atom. The molecule has 0 fully saturated rings. The van der Waals surface area contributed by atoms with Gasteiger partial charge in [0.1, 0.15) is 5.04 Å². The zero-order valence-corrected chi connectivity index (χ0v) is 13.8. The van der Waals surface area contributed by atoms with Gasteiger partial charge in [-0.05, 0) is 29.8 Å². The maximum atomic E-state index is 11.9. The molecular formula is C17H14ClN3OS. The summed E-state index contributed by atoms with van der Waals surface area (Å²) in [5, 5.41) is 12.7. The molecular weight excluding hydrogens is 330 g/mol. The van der Waals surface area contributed by atoms with Crippen LogP contribution in [0.5, 0.6) is 0 Å². The third-order valence-corrected chi connectivity index (χ3v) is 4.42. The maximum Gasteiger partial charge on any atom is 0.234 e. The molecule has 2 aromatic rings. The van der Waals surface area contributed by atoms with Gasteiger partial charge in [-0.3, -0.25) is 4.79 Å². The van der Waals surface area contributed by atoms with Crippen LogP contribution >= 0.6 is 23.4 Å². The Hall–Kier alpha value is -2.11. The number of para-hydroxylation sites is 1. The van der Waals surface area contributed by atoms with Gasteiger partial charge in [-0.2, -0.15) is 5.10 Å². The highest BCUT2D eigenvalue weighted by molar-refractivity contribution is 8.14. The molecule has 2 aromatic carbocycles. The molecule has 116 valence electrons. The van der Waals surface area contributed by atoms with Crippen molar-refractivity contribution < 1.29 is 4.79 Å². The molecule has 0 saturated carbocycles. The summed E-state index contributed by atoms with van der Waals surface area (Å²) in [6, 6.07) is 16.9. The minimum absolute atomic E-state index is 0.0520. The molecule has 1 aliphatic heterocycles. The summed E-state index contributed by atoms with van der Waals surface area (Å²) in [5.41, 5.74) is 2.69. The number of carbonyl (C=O) groups is 1. The van der Waals surface area contributed by atoms with Gasteiger partial charge in [0.2, 0.25) is 5.91 Å². The summed E-state index contributed by atoms with van der Waals surface area (Å²) in [6.07, 6.45) is 0.644. The fourth-order valence-corrected chi connectivity index (χ4v) is 2.91. The summed E-state index contributed by atoms with van der Waals surface area (Å²) >= 11 is 7.29. The lowest BCUT2D eigenvalue weighted by molar-refractivity contribution is -0.113. The maximum absolute atomic E-state index is 11.9. The molecule has 0 aliphatic carbocycles. The van der Waals surface area contributed by atoms with E-state index in [0.29, 0.717) is 17.2 Å². The molecule has 0 unspecified atom stereocenters. The summed E-state index contributed by atoms with van der Waals surface area (Å²) in [6.45, 7) is 0. The number of nitrogens with zero attached hydrogens (tertiary/aromatic N) is 2. The summed E-state index contributed by atoms with van der Waals surface area (Å²) < 4.78 is 0. The first-order valence-corrected chi connectivity index (χ1v) is 8.44. The number of hydrogen-bond donors (Lipinski definition) is 1. The van der Waals surface area contributed by atoms with Crippen molar-refractivity contribution in [3.05, 3.63) is 65.2 Å². The van der Waals surface area contributed by atoms with Crippen LogP contribution in [0.2, 0.25) is 5.02 Å². The second-order valence-electron chi connectivity index (χ2n) is 4.93. The summed E-state index contributed by atoms with van der Waals surface area (Å²) in [5.74, 6) is 0.265. The molecule has 0 radical (unpaired) electrons. The first-order chi connectivity index (χ1) is 11.2. The number of benzene rings is 2. The van der Waals surface area contributed by atoms with Gasteiger partial charge < -0.3 is 5.32 Å². The molecule has 0 atom stereocenters. The van der Waals surface area contributed by atoms with Gasteiger partial charge in [0.15, 0.2) is 0 Å². The van der Waals surface area contributed by atoms with Gasteiger partial charge in [-0.1, -0.05) is 53.7 Å². The van der Waals surface area contributed by atoms with Crippen molar-refractivity contribution in [1.29, 1.82) is 0 Å². The Morgan fingerprint density at radius 1 is 1.09 bits per heavy atom. The van der Waals surface area contributed by atoms with E-state index in [1.807, 2.05) is 54.6 Å². The number of halogens is 1. The van der Waals surface area contributed by atoms with Crippen LogP contribution in [0.4, 0.5) is 5.69 Å². The Bertz CT molecular complexity index is 757. The van der Waals surface area contributed by atoms with Crippen molar-refractivity contribution in [3.8, 4) is 0 Å². The van der Waals surface area contributed by atoms with Crippen molar-refractivity contribution >= 4 is 45.7 Å². The van der Waals surface area contributed by atoms with E-state index in [-0.39, 0.29) is 5.91 Å². The SMILES string of the molecule is O=C(CSC1=NN=C(c2ccc(Cl)cc2)C1)Nc1ccccc1. The molecule has 0 aromatic heterocycles. The van der Waals surface area contributed by atoms with Crippen molar-refractivity contribution in [1.82, 2.24) is 0 Å². The molecule has 23 heavy (non-hydrogen) atoms. The normalized spacial score (nSPS) is 13.4. The number of carbonyl (C=O) groups excluding carboxylic acids is 1. The van der Waals surface area contributed by atoms with Crippen LogP contribution in [-0.4, -0.2) is 22.4 Å². The lowest BCUT2D eigenvalue weighted by atomic mass is 10.1. The van der Waals surface area contributed by atoms with Crippen molar-refractivity contribution in [3.63, 3.8) is 0 Å². The average Bonchev–Trinajstić information content (AvgIpc) is 3.04. The van der Waals surface area contributed by atoms with Crippen molar-refractivity contribution in [2.45, 2.75) is 6.42 Å². The molecule has 1 amide bonds. The number of amides is 1.